The van der Waals surface area contributed by atoms with Crippen molar-refractivity contribution >= 4 is 11.9 Å². The molecule has 3 N–H and O–H groups in total. The molecule has 0 spiro atoms. The number of carbonyl (C=O) groups excluding carboxylic acids is 1. The van der Waals surface area contributed by atoms with E-state index in [1.807, 2.05) is 6.07 Å². The normalized spacial score (nSPS) is 18.5. The van der Waals surface area contributed by atoms with Crippen molar-refractivity contribution in [3.63, 3.8) is 0 Å². The summed E-state index contributed by atoms with van der Waals surface area (Å²) in [7, 11) is 0. The third kappa shape index (κ3) is 9.19. The molecule has 134 valence electrons. The van der Waals surface area contributed by atoms with Crippen molar-refractivity contribution in [2.45, 2.75) is 76.7 Å². The van der Waals surface area contributed by atoms with Gasteiger partial charge in [0.05, 0.1) is 0 Å². The summed E-state index contributed by atoms with van der Waals surface area (Å²) in [4.78, 5) is 22.7. The predicted octanol–water partition coefficient (Wildman–Crippen LogP) is 2.86. The first-order chi connectivity index (χ1) is 11.6. The van der Waals surface area contributed by atoms with Crippen molar-refractivity contribution in [1.29, 1.82) is 5.26 Å². The van der Waals surface area contributed by atoms with Crippen LogP contribution in [-0.2, 0) is 9.59 Å². The predicted molar refractivity (Wildman–Crippen MR) is 92.1 cm³/mol. The van der Waals surface area contributed by atoms with Crippen molar-refractivity contribution in [3.05, 3.63) is 11.8 Å². The molecule has 0 aromatic heterocycles. The minimum Gasteiger partial charge on any atom is -0.480 e. The van der Waals surface area contributed by atoms with Gasteiger partial charge in [0.15, 0.2) is 0 Å². The lowest BCUT2D eigenvalue weighted by atomic mass is 9.98. The standard InChI is InChI=1S/C18H29N3O3/c19-12-15(13-20-14-17(22)23)18(24)21-16-10-8-6-4-2-1-3-5-7-9-11-16/h13,16,20H,1-11,14H2,(H,21,24)(H,22,23)/b15-13-. The zero-order valence-corrected chi connectivity index (χ0v) is 14.4. The van der Waals surface area contributed by atoms with Gasteiger partial charge in [-0.2, -0.15) is 5.26 Å². The molecule has 1 aliphatic carbocycles. The smallest absolute Gasteiger partial charge is 0.322 e. The Balaban J connectivity index is 2.52. The molecule has 0 unspecified atom stereocenters. The van der Waals surface area contributed by atoms with Gasteiger partial charge in [0.2, 0.25) is 0 Å². The summed E-state index contributed by atoms with van der Waals surface area (Å²) in [6.07, 6.45) is 14.1. The van der Waals surface area contributed by atoms with Crippen LogP contribution < -0.4 is 10.6 Å². The van der Waals surface area contributed by atoms with E-state index >= 15 is 0 Å². The van der Waals surface area contributed by atoms with Gasteiger partial charge in [0, 0.05) is 12.2 Å². The number of hydrogen-bond acceptors (Lipinski definition) is 4. The lowest BCUT2D eigenvalue weighted by Gasteiger charge is -2.19. The van der Waals surface area contributed by atoms with Crippen molar-refractivity contribution < 1.29 is 14.7 Å². The Morgan fingerprint density at radius 2 is 1.50 bits per heavy atom. The molecule has 0 aromatic carbocycles. The van der Waals surface area contributed by atoms with Crippen LogP contribution in [0.25, 0.3) is 0 Å². The van der Waals surface area contributed by atoms with Crippen LogP contribution in [0.4, 0.5) is 0 Å². The second kappa shape index (κ2) is 12.4. The number of rotatable bonds is 5. The number of nitriles is 1. The second-order valence-corrected chi connectivity index (χ2v) is 6.37. The van der Waals surface area contributed by atoms with Gasteiger partial charge in [-0.15, -0.1) is 0 Å². The summed E-state index contributed by atoms with van der Waals surface area (Å²) in [5.41, 5.74) is -0.0811. The average Bonchev–Trinajstić information content (AvgIpc) is 2.53. The van der Waals surface area contributed by atoms with E-state index in [0.29, 0.717) is 0 Å². The van der Waals surface area contributed by atoms with Crippen molar-refractivity contribution in [3.8, 4) is 6.07 Å². The fourth-order valence-electron chi connectivity index (χ4n) is 2.96. The fraction of sp³-hybridized carbons (Fsp3) is 0.722. The molecular formula is C18H29N3O3. The Labute approximate surface area is 144 Å². The van der Waals surface area contributed by atoms with Gasteiger partial charge in [-0.05, 0) is 12.8 Å². The molecule has 0 aromatic rings. The summed E-state index contributed by atoms with van der Waals surface area (Å²) in [6, 6.07) is 1.92. The number of nitrogens with one attached hydrogen (secondary N) is 2. The highest BCUT2D eigenvalue weighted by Crippen LogP contribution is 2.17. The molecular weight excluding hydrogens is 306 g/mol. The Morgan fingerprint density at radius 3 is 1.96 bits per heavy atom. The third-order valence-electron chi connectivity index (χ3n) is 4.31. The van der Waals surface area contributed by atoms with Crippen LogP contribution in [0.15, 0.2) is 11.8 Å². The van der Waals surface area contributed by atoms with Crippen molar-refractivity contribution in [1.82, 2.24) is 10.6 Å². The Morgan fingerprint density at radius 1 is 1.00 bits per heavy atom. The zero-order valence-electron chi connectivity index (χ0n) is 14.4. The molecule has 1 amide bonds. The Bertz CT molecular complexity index is 457. The maximum absolute atomic E-state index is 12.2. The molecule has 6 heteroatoms. The monoisotopic (exact) mass is 335 g/mol. The summed E-state index contributed by atoms with van der Waals surface area (Å²) in [5.74, 6) is -1.46. The van der Waals surface area contributed by atoms with Crippen LogP contribution in [0.2, 0.25) is 0 Å². The SMILES string of the molecule is N#C/C(=C/NCC(=O)O)C(=O)NC1CCCCCCCCCCC1. The quantitative estimate of drug-likeness (QED) is 0.529. The van der Waals surface area contributed by atoms with Crippen LogP contribution in [-0.4, -0.2) is 29.6 Å². The van der Waals surface area contributed by atoms with E-state index in [1.54, 1.807) is 0 Å². The Kier molecular flexibility index (Phi) is 10.3. The van der Waals surface area contributed by atoms with E-state index in [4.69, 9.17) is 10.4 Å². The average molecular weight is 335 g/mol. The van der Waals surface area contributed by atoms with Gasteiger partial charge >= 0.3 is 5.97 Å². The minimum absolute atomic E-state index is 0.0811. The summed E-state index contributed by atoms with van der Waals surface area (Å²) < 4.78 is 0. The van der Waals surface area contributed by atoms with E-state index < -0.39 is 11.9 Å². The number of amides is 1. The lowest BCUT2D eigenvalue weighted by molar-refractivity contribution is -0.135. The summed E-state index contributed by atoms with van der Waals surface area (Å²) >= 11 is 0. The highest BCUT2D eigenvalue weighted by Gasteiger charge is 2.16. The zero-order chi connectivity index (χ0) is 17.6. The van der Waals surface area contributed by atoms with E-state index in [2.05, 4.69) is 10.6 Å². The summed E-state index contributed by atoms with van der Waals surface area (Å²) in [5, 5.41) is 23.1. The van der Waals surface area contributed by atoms with Gasteiger partial charge in [0.25, 0.3) is 5.91 Å². The molecule has 0 aliphatic heterocycles. The minimum atomic E-state index is -1.04. The van der Waals surface area contributed by atoms with Gasteiger partial charge in [-0.25, -0.2) is 0 Å². The molecule has 0 heterocycles. The number of aliphatic carboxylic acids is 1. The van der Waals surface area contributed by atoms with E-state index in [0.717, 1.165) is 25.7 Å². The molecule has 24 heavy (non-hydrogen) atoms. The van der Waals surface area contributed by atoms with Gasteiger partial charge < -0.3 is 15.7 Å². The first kappa shape index (κ1) is 20.0. The molecule has 6 nitrogen and oxygen atoms in total. The molecule has 0 atom stereocenters. The third-order valence-corrected chi connectivity index (χ3v) is 4.31. The number of carboxylic acid groups (broad SMARTS) is 1. The van der Waals surface area contributed by atoms with Gasteiger partial charge in [-0.3, -0.25) is 9.59 Å². The number of carbonyl (C=O) groups is 2. The van der Waals surface area contributed by atoms with E-state index in [1.165, 1.54) is 51.1 Å². The van der Waals surface area contributed by atoms with Gasteiger partial charge in [0.1, 0.15) is 18.2 Å². The van der Waals surface area contributed by atoms with E-state index in [9.17, 15) is 9.59 Å². The van der Waals surface area contributed by atoms with E-state index in [-0.39, 0.29) is 18.2 Å². The maximum atomic E-state index is 12.2. The van der Waals surface area contributed by atoms with Crippen molar-refractivity contribution in [2.75, 3.05) is 6.54 Å². The highest BCUT2D eigenvalue weighted by atomic mass is 16.4. The van der Waals surface area contributed by atoms with Crippen LogP contribution in [0, 0.1) is 11.3 Å². The first-order valence-corrected chi connectivity index (χ1v) is 9.00. The molecule has 1 fully saturated rings. The molecule has 0 bridgehead atoms. The highest BCUT2D eigenvalue weighted by molar-refractivity contribution is 5.97. The van der Waals surface area contributed by atoms with Crippen LogP contribution in [0.1, 0.15) is 70.6 Å². The topological polar surface area (TPSA) is 102 Å². The first-order valence-electron chi connectivity index (χ1n) is 9.00. The Hall–Kier alpha value is -2.03. The molecule has 0 saturated heterocycles. The number of hydrogen-bond donors (Lipinski definition) is 3. The fourth-order valence-corrected chi connectivity index (χ4v) is 2.96. The second-order valence-electron chi connectivity index (χ2n) is 6.37. The summed E-state index contributed by atoms with van der Waals surface area (Å²) in [6.45, 7) is -0.318. The van der Waals surface area contributed by atoms with Gasteiger partial charge in [-0.1, -0.05) is 57.8 Å². The maximum Gasteiger partial charge on any atom is 0.322 e. The van der Waals surface area contributed by atoms with Crippen LogP contribution >= 0.6 is 0 Å². The molecule has 1 aliphatic rings. The lowest BCUT2D eigenvalue weighted by Crippen LogP contribution is -2.36. The van der Waals surface area contributed by atoms with Crippen molar-refractivity contribution in [2.24, 2.45) is 0 Å². The largest absolute Gasteiger partial charge is 0.480 e. The van der Waals surface area contributed by atoms with Crippen LogP contribution in [0.5, 0.6) is 0 Å². The van der Waals surface area contributed by atoms with Crippen LogP contribution in [0.3, 0.4) is 0 Å². The molecule has 1 rings (SSSR count). The molecule has 0 radical (unpaired) electrons. The molecule has 1 saturated carbocycles. The number of carboxylic acids is 1. The number of nitrogens with zero attached hydrogens (tertiary/aromatic N) is 1.